The molecule has 0 atom stereocenters. The van der Waals surface area contributed by atoms with E-state index >= 15 is 0 Å². The number of aryl methyl sites for hydroxylation is 3. The summed E-state index contributed by atoms with van der Waals surface area (Å²) in [6, 6.07) is 81.5. The lowest BCUT2D eigenvalue weighted by Crippen LogP contribution is -2.11. The lowest BCUT2D eigenvalue weighted by atomic mass is 10.0. The number of nitrogen functional groups attached to an aromatic ring is 4. The fraction of sp³-hybridized carbons (Fsp3) is 0.0417. The number of rotatable bonds is 11. The van der Waals surface area contributed by atoms with Crippen LogP contribution in [0.15, 0.2) is 285 Å². The molecule has 1 amide bonds. The molecule has 0 saturated heterocycles. The number of pyridine rings is 4. The quantitative estimate of drug-likeness (QED) is 0.0803. The van der Waals surface area contributed by atoms with Crippen LogP contribution in [0.3, 0.4) is 0 Å². The summed E-state index contributed by atoms with van der Waals surface area (Å²) in [5.41, 5.74) is 40.8. The summed E-state index contributed by atoms with van der Waals surface area (Å²) in [4.78, 5) is 84.0. The summed E-state index contributed by atoms with van der Waals surface area (Å²) in [5.74, 6) is 2.48. The highest BCUT2D eigenvalue weighted by Gasteiger charge is 2.24. The van der Waals surface area contributed by atoms with Crippen LogP contribution in [0.25, 0.3) is 161 Å². The van der Waals surface area contributed by atoms with Gasteiger partial charge in [-0.25, -0.2) is 64.5 Å². The maximum Gasteiger partial charge on any atom is 0.222 e. The number of anilines is 5. The van der Waals surface area contributed by atoms with Crippen LogP contribution in [0.4, 0.5) is 29.1 Å². The molecule has 7 aromatic carbocycles. The summed E-state index contributed by atoms with van der Waals surface area (Å²) >= 11 is 1.62. The first kappa shape index (κ1) is 81.5. The van der Waals surface area contributed by atoms with E-state index in [0.717, 1.165) is 115 Å². The molecule has 0 aliphatic rings. The number of nitrogens with two attached hydrogens (primary N) is 4. The Morgan fingerprint density at radius 1 is 0.389 bits per heavy atom. The van der Waals surface area contributed by atoms with Crippen LogP contribution in [0.5, 0.6) is 0 Å². The van der Waals surface area contributed by atoms with Crippen molar-refractivity contribution in [3.05, 3.63) is 319 Å². The Hall–Kier alpha value is -18.3. The second-order valence-electron chi connectivity index (χ2n) is 28.1. The standard InChI is InChI=1S/C22H15N5O.C19H12N6.C19H13N5O.C19H13N5S.C17H14N6/c1-14(28)25-22-19(13-23)26-21(20(27-22)15-6-3-2-4-7-15)17-9-10-18-16(12-17)8-5-11-24-18;20-9-16-19(21)25-17(12-4-2-1-3-5-12)18(24-16)13-6-7-15-14(8-13)10-22-11-23-15;2*1-11-4-7-16(25-11)18-17(23-15(10-20)19(21)24-18)13-5-6-14-12(9-13)3-2-8-22-14;1-11-6-8-23(22-11)17-16(20-10-15(18)21-17)13-4-5-14-12(9-13)3-2-7-19-14/h2-12H,1H3,(H,25,27,28);1-8,10-11H,(H2,21,25);2*2-9H,1H3,(H2,21,24);2-10H,1H3,(H2,18,21). The Balaban J connectivity index is 0.000000116. The largest absolute Gasteiger partial charge is 0.460 e. The molecule has 0 unspecified atom stereocenters. The molecule has 13 aromatic heterocycles. The number of carbonyl (C=O) groups excluding carboxylic acids is 1. The number of fused-ring (bicyclic) bond motifs is 5. The molecule has 604 valence electrons. The summed E-state index contributed by atoms with van der Waals surface area (Å²) in [6.45, 7) is 7.19. The van der Waals surface area contributed by atoms with Crippen LogP contribution in [0.1, 0.15) is 46.0 Å². The number of hydrogen-bond donors (Lipinski definition) is 5. The number of benzene rings is 7. The van der Waals surface area contributed by atoms with Gasteiger partial charge in [-0.3, -0.25) is 24.7 Å². The first-order chi connectivity index (χ1) is 61.4. The van der Waals surface area contributed by atoms with E-state index in [1.54, 1.807) is 53.2 Å². The van der Waals surface area contributed by atoms with Gasteiger partial charge in [0.2, 0.25) is 5.91 Å². The first-order valence-electron chi connectivity index (χ1n) is 38.8. The molecule has 30 heteroatoms. The highest BCUT2D eigenvalue weighted by Crippen LogP contribution is 2.40. The van der Waals surface area contributed by atoms with Gasteiger partial charge in [-0.05, 0) is 136 Å². The molecule has 0 aliphatic heterocycles. The van der Waals surface area contributed by atoms with Crippen LogP contribution in [-0.4, -0.2) is 95.4 Å². The van der Waals surface area contributed by atoms with Crippen LogP contribution in [0, 0.1) is 66.1 Å². The van der Waals surface area contributed by atoms with Crippen molar-refractivity contribution in [2.24, 2.45) is 0 Å². The zero-order valence-corrected chi connectivity index (χ0v) is 68.2. The molecule has 29 nitrogen and oxygen atoms in total. The van der Waals surface area contributed by atoms with E-state index in [9.17, 15) is 25.8 Å². The molecule has 0 fully saturated rings. The van der Waals surface area contributed by atoms with Crippen molar-refractivity contribution in [2.45, 2.75) is 27.7 Å². The predicted molar refractivity (Wildman–Crippen MR) is 486 cm³/mol. The van der Waals surface area contributed by atoms with E-state index in [1.807, 2.05) is 282 Å². The van der Waals surface area contributed by atoms with Crippen LogP contribution < -0.4 is 28.3 Å². The van der Waals surface area contributed by atoms with Crippen LogP contribution in [0.2, 0.25) is 0 Å². The first-order valence-corrected chi connectivity index (χ1v) is 39.6. The number of aromatic nitrogens is 18. The Bertz CT molecular complexity index is 7560. The van der Waals surface area contributed by atoms with Crippen molar-refractivity contribution in [3.63, 3.8) is 0 Å². The van der Waals surface area contributed by atoms with Gasteiger partial charge in [0.05, 0.1) is 72.8 Å². The van der Waals surface area contributed by atoms with Gasteiger partial charge in [-0.15, -0.1) is 11.3 Å². The monoisotopic (exact) mass is 1660 g/mol. The molecule has 0 spiro atoms. The number of thiophene rings is 1. The minimum atomic E-state index is -0.311. The maximum absolute atomic E-state index is 11.5. The van der Waals surface area contributed by atoms with Crippen molar-refractivity contribution in [2.75, 3.05) is 28.3 Å². The highest BCUT2D eigenvalue weighted by molar-refractivity contribution is 7.15. The number of amides is 1. The van der Waals surface area contributed by atoms with Gasteiger partial charge in [0.25, 0.3) is 0 Å². The smallest absolute Gasteiger partial charge is 0.222 e. The predicted octanol–water partition coefficient (Wildman–Crippen LogP) is 18.1. The Morgan fingerprint density at radius 2 is 0.810 bits per heavy atom. The Labute approximate surface area is 722 Å². The fourth-order valence-electron chi connectivity index (χ4n) is 13.5. The molecule has 0 saturated carbocycles. The lowest BCUT2D eigenvalue weighted by molar-refractivity contribution is -0.114. The lowest BCUT2D eigenvalue weighted by Gasteiger charge is -2.13. The molecule has 126 heavy (non-hydrogen) atoms. The zero-order chi connectivity index (χ0) is 87.3. The van der Waals surface area contributed by atoms with Gasteiger partial charge in [0, 0.05) is 115 Å². The van der Waals surface area contributed by atoms with Gasteiger partial charge >= 0.3 is 0 Å². The van der Waals surface area contributed by atoms with Crippen molar-refractivity contribution in [1.82, 2.24) is 89.5 Å². The van der Waals surface area contributed by atoms with Crippen molar-refractivity contribution in [3.8, 4) is 131 Å². The molecule has 20 aromatic rings. The molecule has 9 N–H and O–H groups in total. The third kappa shape index (κ3) is 18.0. The third-order valence-electron chi connectivity index (χ3n) is 19.4. The molecule has 0 radical (unpaired) electrons. The van der Waals surface area contributed by atoms with Crippen LogP contribution >= 0.6 is 11.3 Å². The Morgan fingerprint density at radius 3 is 1.25 bits per heavy atom. The normalized spacial score (nSPS) is 10.7. The molecular formula is C96H67N27O2S. The second-order valence-corrected chi connectivity index (χ2v) is 29.4. The molecule has 0 bridgehead atoms. The summed E-state index contributed by atoms with van der Waals surface area (Å²) < 4.78 is 7.39. The zero-order valence-electron chi connectivity index (χ0n) is 67.4. The minimum Gasteiger partial charge on any atom is -0.460 e. The van der Waals surface area contributed by atoms with E-state index in [1.165, 1.54) is 18.1 Å². The van der Waals surface area contributed by atoms with E-state index in [4.69, 9.17) is 27.4 Å². The molecule has 0 aliphatic carbocycles. The topological polar surface area (TPSA) is 466 Å². The van der Waals surface area contributed by atoms with Gasteiger partial charge in [-0.2, -0.15) is 26.1 Å². The number of nitriles is 4. The van der Waals surface area contributed by atoms with Gasteiger partial charge < -0.3 is 32.7 Å². The maximum atomic E-state index is 11.5. The SMILES string of the molecule is CC(=O)Nc1nc(-c2ccccc2)c(-c2ccc3ncccc3c2)nc1C#N.Cc1ccc(-c2nc(N)c(C#N)nc2-c2ccc3ncccc3c2)o1.Cc1ccc(-c2nc(N)c(C#N)nc2-c2ccc3ncccc3c2)s1.Cc1ccn(-c2nc(N)cnc2-c2ccc3ncccc3c2)n1.N#Cc1nc(-c2ccc3ncncc3c2)c(-c2ccccc2)nc1N. The highest BCUT2D eigenvalue weighted by atomic mass is 32.1. The molecule has 20 rings (SSSR count). The number of furan rings is 1. The average Bonchev–Trinajstić information content (AvgIpc) is 0.982. The van der Waals surface area contributed by atoms with Gasteiger partial charge in [0.1, 0.15) is 65.0 Å². The summed E-state index contributed by atoms with van der Waals surface area (Å²) in [5, 5.41) is 49.2. The number of hydrogen-bond acceptors (Lipinski definition) is 28. The van der Waals surface area contributed by atoms with E-state index in [2.05, 4.69) is 90.2 Å². The third-order valence-corrected chi connectivity index (χ3v) is 20.4. The van der Waals surface area contributed by atoms with Gasteiger partial charge in [0.15, 0.2) is 57.6 Å². The Kier molecular flexibility index (Phi) is 23.6. The van der Waals surface area contributed by atoms with E-state index < -0.39 is 0 Å². The molecular weight excluding hydrogens is 1600 g/mol. The van der Waals surface area contributed by atoms with Crippen LogP contribution in [-0.2, 0) is 4.79 Å². The fourth-order valence-corrected chi connectivity index (χ4v) is 14.4. The van der Waals surface area contributed by atoms with E-state index in [0.29, 0.717) is 62.9 Å². The number of carbonyl (C=O) groups is 1. The van der Waals surface area contributed by atoms with Gasteiger partial charge in [-0.1, -0.05) is 115 Å². The summed E-state index contributed by atoms with van der Waals surface area (Å²) in [7, 11) is 0. The number of nitrogens with one attached hydrogen (secondary N) is 1. The van der Waals surface area contributed by atoms with Crippen molar-refractivity contribution >= 4 is 101 Å². The van der Waals surface area contributed by atoms with E-state index in [-0.39, 0.29) is 52.0 Å². The summed E-state index contributed by atoms with van der Waals surface area (Å²) in [6.07, 6.45) is 13.7. The average molecular weight is 1660 g/mol. The minimum absolute atomic E-state index is 0.0659. The molecule has 13 heterocycles. The van der Waals surface area contributed by atoms with Crippen molar-refractivity contribution < 1.29 is 9.21 Å². The second kappa shape index (κ2) is 36.5. The van der Waals surface area contributed by atoms with Crippen molar-refractivity contribution in [1.29, 1.82) is 21.0 Å². The number of nitrogens with zero attached hydrogens (tertiary/aromatic N) is 22.